The molecule has 0 atom stereocenters. The molecular formula is C16H15NO2. The van der Waals surface area contributed by atoms with Crippen molar-refractivity contribution in [3.05, 3.63) is 47.5 Å². The fourth-order valence-corrected chi connectivity index (χ4v) is 2.66. The summed E-state index contributed by atoms with van der Waals surface area (Å²) in [5.41, 5.74) is 10.7. The van der Waals surface area contributed by atoms with Gasteiger partial charge in [0.25, 0.3) is 0 Å². The van der Waals surface area contributed by atoms with Crippen LogP contribution >= 0.6 is 0 Å². The highest BCUT2D eigenvalue weighted by atomic mass is 16.5. The maximum atomic E-state index is 11.8. The molecule has 3 nitrogen and oxygen atoms in total. The first-order valence-corrected chi connectivity index (χ1v) is 6.29. The number of benzene rings is 2. The molecule has 1 aliphatic rings. The van der Waals surface area contributed by atoms with Crippen LogP contribution in [0.3, 0.4) is 0 Å². The number of hydrogen-bond acceptors (Lipinski definition) is 3. The Morgan fingerprint density at radius 1 is 1.05 bits per heavy atom. The second-order valence-corrected chi connectivity index (χ2v) is 4.71. The fourth-order valence-electron chi connectivity index (χ4n) is 2.66. The standard InChI is InChI=1S/C16H15NO2/c1-19-10-5-6-13(15(17)9-10)11-3-2-4-14-12(11)7-8-16(14)18/h2-6,9H,7-8,17H2,1H3. The molecule has 3 heteroatoms. The summed E-state index contributed by atoms with van der Waals surface area (Å²) in [6.07, 6.45) is 1.40. The van der Waals surface area contributed by atoms with E-state index in [-0.39, 0.29) is 5.78 Å². The molecule has 2 aromatic carbocycles. The van der Waals surface area contributed by atoms with Crippen LogP contribution < -0.4 is 10.5 Å². The first-order valence-electron chi connectivity index (χ1n) is 6.29. The van der Waals surface area contributed by atoms with Gasteiger partial charge in [-0.3, -0.25) is 4.79 Å². The maximum Gasteiger partial charge on any atom is 0.163 e. The van der Waals surface area contributed by atoms with E-state index in [1.807, 2.05) is 36.4 Å². The SMILES string of the molecule is COc1ccc(-c2cccc3c2CCC3=O)c(N)c1. The van der Waals surface area contributed by atoms with Crippen molar-refractivity contribution in [1.29, 1.82) is 0 Å². The molecule has 0 radical (unpaired) electrons. The lowest BCUT2D eigenvalue weighted by molar-refractivity contribution is 0.0994. The summed E-state index contributed by atoms with van der Waals surface area (Å²) in [6, 6.07) is 11.5. The number of hydrogen-bond donors (Lipinski definition) is 1. The van der Waals surface area contributed by atoms with Gasteiger partial charge in [-0.2, -0.15) is 0 Å². The van der Waals surface area contributed by atoms with Crippen LogP contribution in [0.4, 0.5) is 5.69 Å². The molecule has 2 aromatic rings. The molecule has 3 rings (SSSR count). The Kier molecular flexibility index (Phi) is 2.75. The van der Waals surface area contributed by atoms with Crippen LogP contribution in [0.2, 0.25) is 0 Å². The summed E-state index contributed by atoms with van der Waals surface area (Å²) in [7, 11) is 1.62. The molecule has 0 aliphatic heterocycles. The van der Waals surface area contributed by atoms with Crippen LogP contribution in [-0.4, -0.2) is 12.9 Å². The number of ether oxygens (including phenoxy) is 1. The molecule has 1 aliphatic carbocycles. The number of carbonyl (C=O) groups is 1. The topological polar surface area (TPSA) is 52.3 Å². The van der Waals surface area contributed by atoms with Gasteiger partial charge in [0.15, 0.2) is 5.78 Å². The Labute approximate surface area is 112 Å². The molecule has 0 saturated heterocycles. The highest BCUT2D eigenvalue weighted by Crippen LogP contribution is 2.36. The van der Waals surface area contributed by atoms with Crippen molar-refractivity contribution in [3.63, 3.8) is 0 Å². The van der Waals surface area contributed by atoms with Gasteiger partial charge in [0.2, 0.25) is 0 Å². The molecule has 0 unspecified atom stereocenters. The number of nitrogens with two attached hydrogens (primary N) is 1. The number of ketones is 1. The monoisotopic (exact) mass is 253 g/mol. The number of carbonyl (C=O) groups excluding carboxylic acids is 1. The Morgan fingerprint density at radius 3 is 2.58 bits per heavy atom. The van der Waals surface area contributed by atoms with Crippen molar-refractivity contribution in [2.45, 2.75) is 12.8 Å². The van der Waals surface area contributed by atoms with Gasteiger partial charge in [0, 0.05) is 29.3 Å². The molecule has 0 fully saturated rings. The van der Waals surface area contributed by atoms with Crippen molar-refractivity contribution < 1.29 is 9.53 Å². The molecule has 0 amide bonds. The van der Waals surface area contributed by atoms with Crippen LogP contribution in [0.15, 0.2) is 36.4 Å². The lowest BCUT2D eigenvalue weighted by Crippen LogP contribution is -1.96. The Bertz CT molecular complexity index is 662. The highest BCUT2D eigenvalue weighted by molar-refractivity contribution is 6.03. The zero-order valence-electron chi connectivity index (χ0n) is 10.8. The summed E-state index contributed by atoms with van der Waals surface area (Å²) in [5, 5.41) is 0. The van der Waals surface area contributed by atoms with Gasteiger partial charge >= 0.3 is 0 Å². The molecule has 0 heterocycles. The van der Waals surface area contributed by atoms with E-state index in [4.69, 9.17) is 10.5 Å². The number of Topliss-reactive ketones (excluding diaryl/α,β-unsaturated/α-hetero) is 1. The van der Waals surface area contributed by atoms with Crippen LogP contribution in [0.25, 0.3) is 11.1 Å². The Morgan fingerprint density at radius 2 is 1.84 bits per heavy atom. The smallest absolute Gasteiger partial charge is 0.163 e. The molecule has 0 saturated carbocycles. The van der Waals surface area contributed by atoms with Gasteiger partial charge in [-0.15, -0.1) is 0 Å². The van der Waals surface area contributed by atoms with E-state index in [1.54, 1.807) is 7.11 Å². The highest BCUT2D eigenvalue weighted by Gasteiger charge is 2.22. The van der Waals surface area contributed by atoms with Gasteiger partial charge < -0.3 is 10.5 Å². The molecule has 19 heavy (non-hydrogen) atoms. The third-order valence-corrected chi connectivity index (χ3v) is 3.63. The Hall–Kier alpha value is -2.29. The quantitative estimate of drug-likeness (QED) is 0.837. The van der Waals surface area contributed by atoms with Gasteiger partial charge in [-0.1, -0.05) is 18.2 Å². The summed E-state index contributed by atoms with van der Waals surface area (Å²) >= 11 is 0. The van der Waals surface area contributed by atoms with Gasteiger partial charge in [-0.25, -0.2) is 0 Å². The van der Waals surface area contributed by atoms with E-state index >= 15 is 0 Å². The largest absolute Gasteiger partial charge is 0.497 e. The molecule has 96 valence electrons. The van der Waals surface area contributed by atoms with Crippen LogP contribution in [0.5, 0.6) is 5.75 Å². The van der Waals surface area contributed by atoms with Crippen molar-refractivity contribution in [2.75, 3.05) is 12.8 Å². The fraction of sp³-hybridized carbons (Fsp3) is 0.188. The zero-order valence-corrected chi connectivity index (χ0v) is 10.8. The second kappa shape index (κ2) is 4.43. The second-order valence-electron chi connectivity index (χ2n) is 4.71. The lowest BCUT2D eigenvalue weighted by Gasteiger charge is -2.11. The minimum absolute atomic E-state index is 0.226. The van der Waals surface area contributed by atoms with Crippen molar-refractivity contribution in [1.82, 2.24) is 0 Å². The third-order valence-electron chi connectivity index (χ3n) is 3.63. The minimum atomic E-state index is 0.226. The molecule has 0 bridgehead atoms. The average Bonchev–Trinajstić information content (AvgIpc) is 2.81. The molecule has 2 N–H and O–H groups in total. The predicted molar refractivity (Wildman–Crippen MR) is 75.5 cm³/mol. The first-order chi connectivity index (χ1) is 9.20. The van der Waals surface area contributed by atoms with Crippen molar-refractivity contribution >= 4 is 11.5 Å². The van der Waals surface area contributed by atoms with Gasteiger partial charge in [-0.05, 0) is 29.7 Å². The lowest BCUT2D eigenvalue weighted by atomic mass is 9.95. The summed E-state index contributed by atoms with van der Waals surface area (Å²) in [5.74, 6) is 0.967. The normalized spacial score (nSPS) is 13.4. The summed E-state index contributed by atoms with van der Waals surface area (Å²) in [4.78, 5) is 11.8. The molecule has 0 aromatic heterocycles. The summed E-state index contributed by atoms with van der Waals surface area (Å²) < 4.78 is 5.16. The number of methoxy groups -OCH3 is 1. The minimum Gasteiger partial charge on any atom is -0.497 e. The zero-order chi connectivity index (χ0) is 13.4. The maximum absolute atomic E-state index is 11.8. The van der Waals surface area contributed by atoms with Gasteiger partial charge in [0.1, 0.15) is 5.75 Å². The van der Waals surface area contributed by atoms with E-state index in [0.29, 0.717) is 12.1 Å². The Balaban J connectivity index is 2.16. The predicted octanol–water partition coefficient (Wildman–Crippen LogP) is 3.07. The van der Waals surface area contributed by atoms with Crippen LogP contribution in [-0.2, 0) is 6.42 Å². The van der Waals surface area contributed by atoms with E-state index in [0.717, 1.165) is 34.4 Å². The number of rotatable bonds is 2. The average molecular weight is 253 g/mol. The molecule has 0 spiro atoms. The summed E-state index contributed by atoms with van der Waals surface area (Å²) in [6.45, 7) is 0. The first kappa shape index (κ1) is 11.8. The number of fused-ring (bicyclic) bond motifs is 1. The number of nitrogen functional groups attached to an aromatic ring is 1. The number of anilines is 1. The van der Waals surface area contributed by atoms with Gasteiger partial charge in [0.05, 0.1) is 7.11 Å². The van der Waals surface area contributed by atoms with Crippen LogP contribution in [0.1, 0.15) is 22.3 Å². The van der Waals surface area contributed by atoms with E-state index in [2.05, 4.69) is 0 Å². The molecular weight excluding hydrogens is 238 g/mol. The van der Waals surface area contributed by atoms with Crippen LogP contribution in [0, 0.1) is 0 Å². The van der Waals surface area contributed by atoms with E-state index in [1.165, 1.54) is 0 Å². The van der Waals surface area contributed by atoms with E-state index in [9.17, 15) is 4.79 Å². The van der Waals surface area contributed by atoms with Crippen molar-refractivity contribution in [2.24, 2.45) is 0 Å². The third kappa shape index (κ3) is 1.87. The van der Waals surface area contributed by atoms with Crippen molar-refractivity contribution in [3.8, 4) is 16.9 Å². The van der Waals surface area contributed by atoms with E-state index < -0.39 is 0 Å².